The van der Waals surface area contributed by atoms with Crippen LogP contribution in [0.4, 0.5) is 5.82 Å². The van der Waals surface area contributed by atoms with Gasteiger partial charge in [0, 0.05) is 13.0 Å². The molecule has 0 aliphatic rings. The maximum atomic E-state index is 10.4. The monoisotopic (exact) mass is 225 g/mol. The van der Waals surface area contributed by atoms with Gasteiger partial charge in [0.05, 0.1) is 12.4 Å². The van der Waals surface area contributed by atoms with Crippen molar-refractivity contribution in [2.45, 2.75) is 6.42 Å². The van der Waals surface area contributed by atoms with Gasteiger partial charge in [0.1, 0.15) is 16.5 Å². The third-order valence-corrected chi connectivity index (χ3v) is 1.79. The first kappa shape index (κ1) is 11.3. The summed E-state index contributed by atoms with van der Waals surface area (Å²) in [4.78, 5) is 18.6. The Morgan fingerprint density at radius 1 is 1.40 bits per heavy atom. The Kier molecular flexibility index (Phi) is 3.92. The Morgan fingerprint density at radius 3 is 2.60 bits per heavy atom. The zero-order valence-corrected chi connectivity index (χ0v) is 8.75. The molecule has 0 aliphatic heterocycles. The van der Waals surface area contributed by atoms with Gasteiger partial charge in [-0.25, -0.2) is 9.97 Å². The number of carbonyl (C=O) groups is 1. The van der Waals surface area contributed by atoms with Crippen molar-refractivity contribution in [3.63, 3.8) is 0 Å². The van der Waals surface area contributed by atoms with Gasteiger partial charge in [0.2, 0.25) is 5.91 Å². The topological polar surface area (TPSA) is 107 Å². The minimum Gasteiger partial charge on any atom is -0.388 e. The van der Waals surface area contributed by atoms with Gasteiger partial charge < -0.3 is 16.8 Å². The lowest BCUT2D eigenvalue weighted by atomic mass is 10.4. The Balaban J connectivity index is 2.50. The van der Waals surface area contributed by atoms with Crippen molar-refractivity contribution in [3.05, 3.63) is 18.1 Å². The van der Waals surface area contributed by atoms with E-state index in [0.29, 0.717) is 18.1 Å². The first-order valence-electron chi connectivity index (χ1n) is 4.23. The second-order valence-electron chi connectivity index (χ2n) is 2.79. The summed E-state index contributed by atoms with van der Waals surface area (Å²) in [7, 11) is 0. The van der Waals surface area contributed by atoms with Crippen LogP contribution in [-0.2, 0) is 4.79 Å². The van der Waals surface area contributed by atoms with Crippen LogP contribution in [0.5, 0.6) is 0 Å². The van der Waals surface area contributed by atoms with Gasteiger partial charge >= 0.3 is 0 Å². The molecular formula is C8H11N5OS. The van der Waals surface area contributed by atoms with Gasteiger partial charge in [-0.1, -0.05) is 12.2 Å². The minimum atomic E-state index is -0.366. The highest BCUT2D eigenvalue weighted by molar-refractivity contribution is 7.80. The molecule has 0 radical (unpaired) electrons. The third kappa shape index (κ3) is 3.86. The fraction of sp³-hybridized carbons (Fsp3) is 0.250. The molecule has 7 heteroatoms. The first-order valence-corrected chi connectivity index (χ1v) is 4.64. The fourth-order valence-corrected chi connectivity index (χ4v) is 0.966. The lowest BCUT2D eigenvalue weighted by Gasteiger charge is -2.03. The summed E-state index contributed by atoms with van der Waals surface area (Å²) in [6, 6.07) is 0. The largest absolute Gasteiger partial charge is 0.388 e. The number of nitrogens with one attached hydrogen (secondary N) is 1. The zero-order valence-electron chi connectivity index (χ0n) is 7.93. The van der Waals surface area contributed by atoms with Crippen molar-refractivity contribution in [3.8, 4) is 0 Å². The number of thiocarbonyl (C=S) groups is 1. The minimum absolute atomic E-state index is 0.200. The van der Waals surface area contributed by atoms with E-state index in [9.17, 15) is 4.79 Å². The number of nitrogens with two attached hydrogens (primary N) is 2. The Morgan fingerprint density at radius 2 is 2.13 bits per heavy atom. The maximum Gasteiger partial charge on any atom is 0.219 e. The van der Waals surface area contributed by atoms with E-state index >= 15 is 0 Å². The lowest BCUT2D eigenvalue weighted by molar-refractivity contribution is -0.117. The normalized spacial score (nSPS) is 9.60. The molecule has 15 heavy (non-hydrogen) atoms. The number of amides is 1. The molecule has 1 aromatic rings. The van der Waals surface area contributed by atoms with Crippen LogP contribution >= 0.6 is 12.2 Å². The molecule has 6 nitrogen and oxygen atoms in total. The van der Waals surface area contributed by atoms with Crippen LogP contribution < -0.4 is 16.8 Å². The van der Waals surface area contributed by atoms with Crippen molar-refractivity contribution < 1.29 is 4.79 Å². The summed E-state index contributed by atoms with van der Waals surface area (Å²) in [6.45, 7) is 0.427. The number of anilines is 1. The van der Waals surface area contributed by atoms with Crippen molar-refractivity contribution in [1.29, 1.82) is 0 Å². The van der Waals surface area contributed by atoms with Gasteiger partial charge in [-0.3, -0.25) is 4.79 Å². The van der Waals surface area contributed by atoms with Crippen LogP contribution in [0.1, 0.15) is 12.1 Å². The Bertz CT molecular complexity index is 364. The Hall–Kier alpha value is -1.76. The van der Waals surface area contributed by atoms with Gasteiger partial charge in [-0.15, -0.1) is 0 Å². The van der Waals surface area contributed by atoms with Crippen LogP contribution in [-0.4, -0.2) is 27.4 Å². The summed E-state index contributed by atoms with van der Waals surface area (Å²) in [5.74, 6) is 0.187. The van der Waals surface area contributed by atoms with Crippen molar-refractivity contribution in [2.75, 3.05) is 11.9 Å². The predicted molar refractivity (Wildman–Crippen MR) is 60.2 cm³/mol. The second kappa shape index (κ2) is 5.20. The average molecular weight is 225 g/mol. The molecule has 0 aliphatic carbocycles. The molecule has 0 saturated carbocycles. The molecule has 1 rings (SSSR count). The number of hydrogen-bond acceptors (Lipinski definition) is 5. The molecule has 1 heterocycles. The van der Waals surface area contributed by atoms with Crippen LogP contribution in [0.25, 0.3) is 0 Å². The van der Waals surface area contributed by atoms with E-state index in [1.54, 1.807) is 0 Å². The summed E-state index contributed by atoms with van der Waals surface area (Å²) in [5.41, 5.74) is 10.8. The molecule has 1 amide bonds. The molecule has 5 N–H and O–H groups in total. The van der Waals surface area contributed by atoms with Crippen LogP contribution in [0, 0.1) is 0 Å². The van der Waals surface area contributed by atoms with Gasteiger partial charge in [-0.2, -0.15) is 0 Å². The molecule has 1 aromatic heterocycles. The van der Waals surface area contributed by atoms with Crippen molar-refractivity contribution in [2.24, 2.45) is 11.5 Å². The Labute approximate surface area is 92.1 Å². The number of aromatic nitrogens is 2. The van der Waals surface area contributed by atoms with Gasteiger partial charge in [0.15, 0.2) is 0 Å². The lowest BCUT2D eigenvalue weighted by Crippen LogP contribution is -2.17. The first-order chi connectivity index (χ1) is 7.09. The molecule has 0 spiro atoms. The highest BCUT2D eigenvalue weighted by Gasteiger charge is 1.99. The van der Waals surface area contributed by atoms with E-state index in [4.69, 9.17) is 23.7 Å². The molecule has 0 atom stereocenters. The van der Waals surface area contributed by atoms with E-state index in [1.807, 2.05) is 0 Å². The summed E-state index contributed by atoms with van der Waals surface area (Å²) < 4.78 is 0. The summed E-state index contributed by atoms with van der Waals surface area (Å²) >= 11 is 4.72. The van der Waals surface area contributed by atoms with Crippen LogP contribution in [0.2, 0.25) is 0 Å². The van der Waals surface area contributed by atoms with E-state index in [0.717, 1.165) is 0 Å². The van der Waals surface area contributed by atoms with Crippen LogP contribution in [0.3, 0.4) is 0 Å². The molecule has 0 unspecified atom stereocenters. The molecular weight excluding hydrogens is 214 g/mol. The molecule has 0 saturated heterocycles. The van der Waals surface area contributed by atoms with Gasteiger partial charge in [-0.05, 0) is 0 Å². The summed E-state index contributed by atoms with van der Waals surface area (Å²) in [5, 5.41) is 2.88. The number of hydrogen-bond donors (Lipinski definition) is 3. The maximum absolute atomic E-state index is 10.4. The number of carbonyl (C=O) groups excluding carboxylic acids is 1. The predicted octanol–water partition coefficient (Wildman–Crippen LogP) is -0.602. The average Bonchev–Trinajstić information content (AvgIpc) is 2.18. The molecule has 80 valence electrons. The second-order valence-corrected chi connectivity index (χ2v) is 3.23. The molecule has 0 fully saturated rings. The number of rotatable bonds is 5. The van der Waals surface area contributed by atoms with E-state index in [1.165, 1.54) is 12.4 Å². The van der Waals surface area contributed by atoms with Crippen molar-refractivity contribution >= 4 is 28.9 Å². The van der Waals surface area contributed by atoms with E-state index in [2.05, 4.69) is 15.3 Å². The van der Waals surface area contributed by atoms with E-state index < -0.39 is 0 Å². The van der Waals surface area contributed by atoms with Crippen molar-refractivity contribution in [1.82, 2.24) is 9.97 Å². The fourth-order valence-electron chi connectivity index (χ4n) is 0.860. The van der Waals surface area contributed by atoms with Crippen LogP contribution in [0.15, 0.2) is 12.4 Å². The smallest absolute Gasteiger partial charge is 0.219 e. The molecule has 0 aromatic carbocycles. The quantitative estimate of drug-likeness (QED) is 0.577. The highest BCUT2D eigenvalue weighted by Crippen LogP contribution is 2.00. The SMILES string of the molecule is NC(=O)CCNc1cnc(C(N)=S)cn1. The highest BCUT2D eigenvalue weighted by atomic mass is 32.1. The van der Waals surface area contributed by atoms with Gasteiger partial charge in [0.25, 0.3) is 0 Å². The zero-order chi connectivity index (χ0) is 11.3. The van der Waals surface area contributed by atoms with E-state index in [-0.39, 0.29) is 17.3 Å². The summed E-state index contributed by atoms with van der Waals surface area (Å²) in [6.07, 6.45) is 3.21. The number of primary amides is 1. The molecule has 0 bridgehead atoms. The standard InChI is InChI=1S/C8H11N5OS/c9-6(14)1-2-11-7-4-12-5(3-13-7)8(10)15/h3-4H,1-2H2,(H2,9,14)(H2,10,15)(H,11,13). The third-order valence-electron chi connectivity index (χ3n) is 1.58. The number of nitrogens with zero attached hydrogens (tertiary/aromatic N) is 2.